The lowest BCUT2D eigenvalue weighted by Gasteiger charge is -2.34. The molecule has 2 aromatic rings. The van der Waals surface area contributed by atoms with Gasteiger partial charge in [0.25, 0.3) is 0 Å². The molecule has 3 rings (SSSR count). The number of halogens is 2. The number of amides is 2. The molecule has 7 nitrogen and oxygen atoms in total. The minimum absolute atomic E-state index is 0.0860. The molecule has 1 saturated carbocycles. The number of nitrogens with one attached hydrogen (secondary N) is 1. The summed E-state index contributed by atoms with van der Waals surface area (Å²) in [6.07, 6.45) is 6.58. The molecule has 0 heterocycles. The summed E-state index contributed by atoms with van der Waals surface area (Å²) < 4.78 is 27.1. The highest BCUT2D eigenvalue weighted by atomic mass is 79.9. The highest BCUT2D eigenvalue weighted by molar-refractivity contribution is 9.10. The number of hydrogen-bond acceptors (Lipinski definition) is 4. The first kappa shape index (κ1) is 28.5. The van der Waals surface area contributed by atoms with E-state index in [2.05, 4.69) is 21.2 Å². The molecule has 0 bridgehead atoms. The van der Waals surface area contributed by atoms with Crippen molar-refractivity contribution in [3.8, 4) is 0 Å². The van der Waals surface area contributed by atoms with Crippen LogP contribution >= 0.6 is 27.5 Å². The number of anilines is 1. The van der Waals surface area contributed by atoms with Crippen LogP contribution in [-0.4, -0.2) is 50.0 Å². The topological polar surface area (TPSA) is 86.8 Å². The summed E-state index contributed by atoms with van der Waals surface area (Å²) in [7, 11) is -3.80. The van der Waals surface area contributed by atoms with Crippen LogP contribution in [0, 0.1) is 0 Å². The molecular formula is C26H33BrClN3O4S. The average molecular weight is 599 g/mol. The van der Waals surface area contributed by atoms with Gasteiger partial charge in [0.05, 0.1) is 11.9 Å². The van der Waals surface area contributed by atoms with Crippen molar-refractivity contribution in [3.05, 3.63) is 63.6 Å². The van der Waals surface area contributed by atoms with Crippen molar-refractivity contribution in [2.45, 2.75) is 64.1 Å². The normalized spacial score (nSPS) is 15.2. The zero-order valence-electron chi connectivity index (χ0n) is 20.6. The molecule has 2 aromatic carbocycles. The van der Waals surface area contributed by atoms with Crippen molar-refractivity contribution in [1.82, 2.24) is 10.2 Å². The van der Waals surface area contributed by atoms with Gasteiger partial charge in [0.1, 0.15) is 12.6 Å². The van der Waals surface area contributed by atoms with E-state index in [9.17, 15) is 18.0 Å². The van der Waals surface area contributed by atoms with Crippen LogP contribution in [0.5, 0.6) is 0 Å². The fourth-order valence-corrected chi connectivity index (χ4v) is 6.20. The van der Waals surface area contributed by atoms with Gasteiger partial charge < -0.3 is 10.2 Å². The molecule has 196 valence electrons. The third kappa shape index (κ3) is 7.46. The third-order valence-corrected chi connectivity index (χ3v) is 8.60. The van der Waals surface area contributed by atoms with E-state index in [4.69, 9.17) is 11.6 Å². The molecule has 0 unspecified atom stereocenters. The summed E-state index contributed by atoms with van der Waals surface area (Å²) in [4.78, 5) is 28.6. The Hall–Kier alpha value is -2.10. The zero-order valence-corrected chi connectivity index (χ0v) is 23.8. The van der Waals surface area contributed by atoms with Crippen LogP contribution in [0.25, 0.3) is 0 Å². The van der Waals surface area contributed by atoms with Gasteiger partial charge in [-0.3, -0.25) is 13.9 Å². The fourth-order valence-electron chi connectivity index (χ4n) is 4.52. The first-order chi connectivity index (χ1) is 17.1. The van der Waals surface area contributed by atoms with Crippen LogP contribution in [-0.2, 0) is 26.2 Å². The second-order valence-electron chi connectivity index (χ2n) is 9.10. The number of rotatable bonds is 10. The number of para-hydroxylation sites is 1. The lowest BCUT2D eigenvalue weighted by Crippen LogP contribution is -2.54. The molecule has 36 heavy (non-hydrogen) atoms. The molecule has 0 saturated heterocycles. The van der Waals surface area contributed by atoms with Crippen LogP contribution in [0.4, 0.5) is 5.69 Å². The van der Waals surface area contributed by atoms with Gasteiger partial charge in [-0.2, -0.15) is 0 Å². The smallest absolute Gasteiger partial charge is 0.244 e. The van der Waals surface area contributed by atoms with Crippen LogP contribution < -0.4 is 9.62 Å². The molecular weight excluding hydrogens is 566 g/mol. The van der Waals surface area contributed by atoms with Gasteiger partial charge in [0.2, 0.25) is 21.8 Å². The van der Waals surface area contributed by atoms with E-state index >= 15 is 0 Å². The Morgan fingerprint density at radius 1 is 1.08 bits per heavy atom. The van der Waals surface area contributed by atoms with Crippen LogP contribution in [0.3, 0.4) is 0 Å². The monoisotopic (exact) mass is 597 g/mol. The summed E-state index contributed by atoms with van der Waals surface area (Å²) in [5.41, 5.74) is 1.04. The van der Waals surface area contributed by atoms with Crippen molar-refractivity contribution < 1.29 is 18.0 Å². The fraction of sp³-hybridized carbons (Fsp3) is 0.462. The van der Waals surface area contributed by atoms with Crippen LogP contribution in [0.1, 0.15) is 51.0 Å². The Morgan fingerprint density at radius 2 is 1.72 bits per heavy atom. The molecule has 1 fully saturated rings. The molecule has 1 aliphatic carbocycles. The van der Waals surface area contributed by atoms with Crippen molar-refractivity contribution in [3.63, 3.8) is 0 Å². The molecule has 0 aliphatic heterocycles. The Balaban J connectivity index is 1.93. The van der Waals surface area contributed by atoms with Gasteiger partial charge in [-0.05, 0) is 59.0 Å². The van der Waals surface area contributed by atoms with Crippen molar-refractivity contribution in [2.75, 3.05) is 17.1 Å². The highest BCUT2D eigenvalue weighted by Gasteiger charge is 2.33. The van der Waals surface area contributed by atoms with E-state index in [1.165, 1.54) is 4.90 Å². The average Bonchev–Trinajstić information content (AvgIpc) is 2.84. The molecule has 2 amide bonds. The number of nitrogens with zero attached hydrogens (tertiary/aromatic N) is 2. The van der Waals surface area contributed by atoms with Crippen LogP contribution in [0.15, 0.2) is 53.0 Å². The first-order valence-electron chi connectivity index (χ1n) is 12.2. The zero-order chi connectivity index (χ0) is 26.3. The van der Waals surface area contributed by atoms with Crippen molar-refractivity contribution in [2.24, 2.45) is 0 Å². The maximum absolute atomic E-state index is 13.8. The third-order valence-electron chi connectivity index (χ3n) is 6.44. The summed E-state index contributed by atoms with van der Waals surface area (Å²) in [5, 5.41) is 3.60. The minimum Gasteiger partial charge on any atom is -0.352 e. The number of hydrogen-bond donors (Lipinski definition) is 1. The number of carbonyl (C=O) groups excluding carboxylic acids is 2. The lowest BCUT2D eigenvalue weighted by atomic mass is 9.95. The first-order valence-corrected chi connectivity index (χ1v) is 15.2. The molecule has 0 spiro atoms. The van der Waals surface area contributed by atoms with Gasteiger partial charge in [0, 0.05) is 22.1 Å². The van der Waals surface area contributed by atoms with Gasteiger partial charge in [0.15, 0.2) is 0 Å². The Morgan fingerprint density at radius 3 is 2.33 bits per heavy atom. The lowest BCUT2D eigenvalue weighted by molar-refractivity contribution is -0.140. The van der Waals surface area contributed by atoms with Crippen molar-refractivity contribution in [1.29, 1.82) is 0 Å². The second-order valence-corrected chi connectivity index (χ2v) is 12.3. The second kappa shape index (κ2) is 12.9. The predicted octanol–water partition coefficient (Wildman–Crippen LogP) is 5.12. The summed E-state index contributed by atoms with van der Waals surface area (Å²) in [6.45, 7) is 1.49. The number of benzene rings is 2. The maximum Gasteiger partial charge on any atom is 0.244 e. The van der Waals surface area contributed by atoms with Gasteiger partial charge >= 0.3 is 0 Å². The summed E-state index contributed by atoms with van der Waals surface area (Å²) >= 11 is 9.79. The highest BCUT2D eigenvalue weighted by Crippen LogP contribution is 2.28. The van der Waals surface area contributed by atoms with E-state index in [0.29, 0.717) is 27.2 Å². The Labute approximate surface area is 227 Å². The molecule has 0 radical (unpaired) electrons. The summed E-state index contributed by atoms with van der Waals surface area (Å²) in [5.74, 6) is -0.710. The molecule has 10 heteroatoms. The van der Waals surface area contributed by atoms with E-state index in [1.54, 1.807) is 42.5 Å². The van der Waals surface area contributed by atoms with E-state index in [-0.39, 0.29) is 18.5 Å². The maximum atomic E-state index is 13.8. The molecule has 1 aliphatic rings. The molecule has 1 N–H and O–H groups in total. The van der Waals surface area contributed by atoms with E-state index < -0.39 is 28.5 Å². The quantitative estimate of drug-likeness (QED) is 0.411. The largest absolute Gasteiger partial charge is 0.352 e. The Kier molecular flexibility index (Phi) is 10.2. The van der Waals surface area contributed by atoms with E-state index in [1.807, 2.05) is 13.0 Å². The van der Waals surface area contributed by atoms with Gasteiger partial charge in [-0.1, -0.05) is 68.1 Å². The van der Waals surface area contributed by atoms with Gasteiger partial charge in [-0.25, -0.2) is 8.42 Å². The SMILES string of the molecule is CC[C@H](C(=O)NC1CCCCC1)N(Cc1ccccc1Cl)C(=O)CN(c1ccccc1Br)S(C)(=O)=O. The summed E-state index contributed by atoms with van der Waals surface area (Å²) in [6, 6.07) is 13.3. The number of carbonyl (C=O) groups is 2. The molecule has 1 atom stereocenters. The minimum atomic E-state index is -3.80. The Bertz CT molecular complexity index is 1170. The van der Waals surface area contributed by atoms with Crippen molar-refractivity contribution >= 4 is 55.1 Å². The van der Waals surface area contributed by atoms with Gasteiger partial charge in [-0.15, -0.1) is 0 Å². The van der Waals surface area contributed by atoms with E-state index in [0.717, 1.165) is 42.7 Å². The van der Waals surface area contributed by atoms with Crippen LogP contribution in [0.2, 0.25) is 5.02 Å². The predicted molar refractivity (Wildman–Crippen MR) is 147 cm³/mol. The number of sulfonamides is 1. The standard InChI is InChI=1S/C26H33BrClN3O4S/c1-3-23(26(33)29-20-12-5-4-6-13-20)30(17-19-11-7-9-15-22(19)28)25(32)18-31(36(2,34)35)24-16-10-8-14-21(24)27/h7-11,14-16,20,23H,3-6,12-13,17-18H2,1-2H3,(H,29,33)/t23-/m1/s1. The molecule has 0 aromatic heterocycles.